The van der Waals surface area contributed by atoms with Crippen molar-refractivity contribution in [2.24, 2.45) is 17.8 Å². The first-order valence-electron chi connectivity index (χ1n) is 8.26. The van der Waals surface area contributed by atoms with Crippen LogP contribution in [-0.4, -0.2) is 28.4 Å². The minimum Gasteiger partial charge on any atom is -0.344 e. The van der Waals surface area contributed by atoms with Gasteiger partial charge >= 0.3 is 6.18 Å². The summed E-state index contributed by atoms with van der Waals surface area (Å²) < 4.78 is 40.1. The van der Waals surface area contributed by atoms with Crippen LogP contribution in [0.4, 0.5) is 13.2 Å². The van der Waals surface area contributed by atoms with Gasteiger partial charge in [0.15, 0.2) is 0 Å². The molecule has 0 spiro atoms. The fourth-order valence-corrected chi connectivity index (χ4v) is 3.89. The first-order chi connectivity index (χ1) is 11.7. The molecule has 0 bridgehead atoms. The van der Waals surface area contributed by atoms with E-state index in [4.69, 9.17) is 0 Å². The highest BCUT2D eigenvalue weighted by Crippen LogP contribution is 2.49. The number of hydrogen-bond donors (Lipinski definition) is 2. The third-order valence-corrected chi connectivity index (χ3v) is 5.25. The molecule has 1 aliphatic carbocycles. The molecule has 2 unspecified atom stereocenters. The van der Waals surface area contributed by atoms with Crippen LogP contribution in [0, 0.1) is 17.8 Å². The summed E-state index contributed by atoms with van der Waals surface area (Å²) in [5.74, 6) is 1.34. The van der Waals surface area contributed by atoms with Crippen LogP contribution in [0.3, 0.4) is 0 Å². The van der Waals surface area contributed by atoms with E-state index in [2.05, 4.69) is 15.6 Å². The Hall–Kier alpha value is -2.09. The van der Waals surface area contributed by atoms with Crippen molar-refractivity contribution >= 4 is 11.4 Å². The third kappa shape index (κ3) is 2.68. The van der Waals surface area contributed by atoms with Crippen molar-refractivity contribution < 1.29 is 18.0 Å². The van der Waals surface area contributed by atoms with Crippen LogP contribution in [0.15, 0.2) is 24.5 Å². The molecular formula is C17H19F3N4O. The molecule has 4 rings (SSSR count). The molecule has 0 aromatic carbocycles. The van der Waals surface area contributed by atoms with Crippen LogP contribution in [0.2, 0.25) is 0 Å². The van der Waals surface area contributed by atoms with Crippen molar-refractivity contribution in [3.63, 3.8) is 0 Å². The molecule has 2 fully saturated rings. The first-order valence-corrected chi connectivity index (χ1v) is 8.26. The van der Waals surface area contributed by atoms with E-state index < -0.39 is 17.3 Å². The van der Waals surface area contributed by atoms with Crippen molar-refractivity contribution in [3.8, 4) is 0 Å². The lowest BCUT2D eigenvalue weighted by molar-refractivity contribution is -0.137. The standard InChI is InChI=1S/C17H19F3N4O/c1-16(2,23-14(25)13-11-7-21-8-12(11)13)15-22-6-10-5-9(17(18,19)20)3-4-24(10)15/h3-6,11-13,21H,7-8H2,1-2H3,(H,23,25). The number of amides is 1. The van der Waals surface area contributed by atoms with Crippen LogP contribution < -0.4 is 10.6 Å². The van der Waals surface area contributed by atoms with Gasteiger partial charge in [-0.1, -0.05) is 0 Å². The second-order valence-corrected chi connectivity index (χ2v) is 7.42. The normalized spacial score (nSPS) is 25.9. The molecule has 25 heavy (non-hydrogen) atoms. The van der Waals surface area contributed by atoms with Gasteiger partial charge in [-0.25, -0.2) is 4.98 Å². The Balaban J connectivity index is 1.58. The fourth-order valence-electron chi connectivity index (χ4n) is 3.89. The number of alkyl halides is 3. The molecule has 5 nitrogen and oxygen atoms in total. The van der Waals surface area contributed by atoms with Gasteiger partial charge in [0.25, 0.3) is 0 Å². The van der Waals surface area contributed by atoms with Gasteiger partial charge in [0.2, 0.25) is 5.91 Å². The maximum atomic E-state index is 12.8. The minimum atomic E-state index is -4.40. The summed E-state index contributed by atoms with van der Waals surface area (Å²) in [6.45, 7) is 5.37. The Morgan fingerprint density at radius 3 is 2.64 bits per heavy atom. The van der Waals surface area contributed by atoms with Crippen LogP contribution in [0.5, 0.6) is 0 Å². The van der Waals surface area contributed by atoms with Crippen molar-refractivity contribution in [3.05, 3.63) is 35.9 Å². The average Bonchev–Trinajstić information content (AvgIpc) is 2.88. The van der Waals surface area contributed by atoms with Crippen molar-refractivity contribution in [1.82, 2.24) is 20.0 Å². The zero-order valence-corrected chi connectivity index (χ0v) is 13.9. The number of carbonyl (C=O) groups excluding carboxylic acids is 1. The Kier molecular flexibility index (Phi) is 3.41. The molecule has 3 heterocycles. The molecular weight excluding hydrogens is 333 g/mol. The zero-order chi connectivity index (χ0) is 18.0. The number of nitrogens with zero attached hydrogens (tertiary/aromatic N) is 2. The molecule has 134 valence electrons. The van der Waals surface area contributed by atoms with Crippen LogP contribution in [-0.2, 0) is 16.5 Å². The number of nitrogens with one attached hydrogen (secondary N) is 2. The first kappa shape index (κ1) is 16.4. The van der Waals surface area contributed by atoms with Crippen LogP contribution >= 0.6 is 0 Å². The highest BCUT2D eigenvalue weighted by molar-refractivity contribution is 5.83. The Labute approximate surface area is 142 Å². The predicted molar refractivity (Wildman–Crippen MR) is 84.7 cm³/mol. The monoisotopic (exact) mass is 352 g/mol. The minimum absolute atomic E-state index is 0.00911. The molecule has 2 aromatic rings. The van der Waals surface area contributed by atoms with E-state index in [-0.39, 0.29) is 11.8 Å². The summed E-state index contributed by atoms with van der Waals surface area (Å²) in [4.78, 5) is 16.8. The van der Waals surface area contributed by atoms with Crippen molar-refractivity contribution in [1.29, 1.82) is 0 Å². The number of imidazole rings is 1. The second-order valence-electron chi connectivity index (χ2n) is 7.42. The third-order valence-electron chi connectivity index (χ3n) is 5.25. The van der Waals surface area contributed by atoms with Crippen LogP contribution in [0.1, 0.15) is 25.2 Å². The van der Waals surface area contributed by atoms with E-state index in [9.17, 15) is 18.0 Å². The number of hydrogen-bond acceptors (Lipinski definition) is 3. The van der Waals surface area contributed by atoms with Crippen molar-refractivity contribution in [2.75, 3.05) is 13.1 Å². The summed E-state index contributed by atoms with van der Waals surface area (Å²) in [6, 6.07) is 2.08. The number of pyridine rings is 1. The molecule has 1 aliphatic heterocycles. The largest absolute Gasteiger partial charge is 0.416 e. The summed E-state index contributed by atoms with van der Waals surface area (Å²) in [5, 5.41) is 6.26. The van der Waals surface area contributed by atoms with E-state index in [1.807, 2.05) is 13.8 Å². The molecule has 0 radical (unpaired) electrons. The maximum Gasteiger partial charge on any atom is 0.416 e. The van der Waals surface area contributed by atoms with Gasteiger partial charge in [0, 0.05) is 12.1 Å². The number of fused-ring (bicyclic) bond motifs is 2. The number of piperidine rings is 1. The summed E-state index contributed by atoms with van der Waals surface area (Å²) in [7, 11) is 0. The van der Waals surface area contributed by atoms with Gasteiger partial charge in [0.1, 0.15) is 5.82 Å². The van der Waals surface area contributed by atoms with Gasteiger partial charge in [0.05, 0.1) is 22.8 Å². The summed E-state index contributed by atoms with van der Waals surface area (Å²) in [5.41, 5.74) is -1.15. The summed E-state index contributed by atoms with van der Waals surface area (Å²) in [6.07, 6.45) is -1.65. The maximum absolute atomic E-state index is 12.8. The van der Waals surface area contributed by atoms with Gasteiger partial charge < -0.3 is 15.0 Å². The number of rotatable bonds is 3. The van der Waals surface area contributed by atoms with Gasteiger partial charge in [-0.15, -0.1) is 0 Å². The second kappa shape index (κ2) is 5.20. The summed E-state index contributed by atoms with van der Waals surface area (Å²) >= 11 is 0. The average molecular weight is 352 g/mol. The highest BCUT2D eigenvalue weighted by Gasteiger charge is 2.57. The molecule has 2 aromatic heterocycles. The Morgan fingerprint density at radius 2 is 2.00 bits per heavy atom. The van der Waals surface area contributed by atoms with Crippen LogP contribution in [0.25, 0.3) is 5.52 Å². The molecule has 2 N–H and O–H groups in total. The topological polar surface area (TPSA) is 58.4 Å². The number of halogens is 3. The lowest BCUT2D eigenvalue weighted by atomic mass is 10.0. The smallest absolute Gasteiger partial charge is 0.344 e. The van der Waals surface area contributed by atoms with E-state index in [1.165, 1.54) is 12.4 Å². The Morgan fingerprint density at radius 1 is 1.32 bits per heavy atom. The van der Waals surface area contributed by atoms with E-state index in [0.717, 1.165) is 25.2 Å². The SMILES string of the molecule is CC(C)(NC(=O)C1C2CNCC21)c1ncc2cc(C(F)(F)F)ccn12. The van der Waals surface area contributed by atoms with E-state index >= 15 is 0 Å². The van der Waals surface area contributed by atoms with E-state index in [0.29, 0.717) is 23.2 Å². The molecule has 1 amide bonds. The molecule has 2 aliphatic rings. The molecule has 2 atom stereocenters. The number of carbonyl (C=O) groups is 1. The Bertz CT molecular complexity index is 832. The van der Waals surface area contributed by atoms with Gasteiger partial charge in [-0.2, -0.15) is 13.2 Å². The van der Waals surface area contributed by atoms with Gasteiger partial charge in [-0.05, 0) is 50.9 Å². The number of aromatic nitrogens is 2. The lowest BCUT2D eigenvalue weighted by Gasteiger charge is -2.26. The predicted octanol–water partition coefficient (Wildman–Crippen LogP) is 2.17. The molecule has 1 saturated heterocycles. The zero-order valence-electron chi connectivity index (χ0n) is 13.9. The molecule has 1 saturated carbocycles. The quantitative estimate of drug-likeness (QED) is 0.890. The van der Waals surface area contributed by atoms with Gasteiger partial charge in [-0.3, -0.25) is 4.79 Å². The fraction of sp³-hybridized carbons (Fsp3) is 0.529. The van der Waals surface area contributed by atoms with Crippen molar-refractivity contribution in [2.45, 2.75) is 25.6 Å². The highest BCUT2D eigenvalue weighted by atomic mass is 19.4. The lowest BCUT2D eigenvalue weighted by Crippen LogP contribution is -2.44. The van der Waals surface area contributed by atoms with E-state index in [1.54, 1.807) is 4.40 Å². The molecule has 8 heteroatoms.